The number of anilines is 1. The standard InChI is InChI=1S/C29H28ClNO6S/c1-18(2)26-11-5-19(3)13-28(26)36-17-22-8-12-27(37-22)29(32)31-21-14-23(35-4)16-25(15-21)38(33,34)24-9-6-20(30)7-10-24/h5-16,18H,17H2,1-4H3,(H,31,32). The van der Waals surface area contributed by atoms with E-state index in [-0.39, 0.29) is 33.6 Å². The molecule has 0 aliphatic carbocycles. The van der Waals surface area contributed by atoms with Crippen LogP contribution in [0, 0.1) is 6.92 Å². The predicted octanol–water partition coefficient (Wildman–Crippen LogP) is 7.04. The normalized spacial score (nSPS) is 11.4. The number of benzene rings is 3. The SMILES string of the molecule is COc1cc(NC(=O)c2ccc(COc3cc(C)ccc3C(C)C)o2)cc(S(=O)(=O)c2ccc(Cl)cc2)c1. The molecule has 9 heteroatoms. The Labute approximate surface area is 227 Å². The van der Waals surface area contributed by atoms with Crippen molar-refractivity contribution < 1.29 is 27.1 Å². The molecule has 3 aromatic carbocycles. The molecule has 0 fully saturated rings. The first kappa shape index (κ1) is 27.3. The molecule has 0 atom stereocenters. The number of hydrogen-bond donors (Lipinski definition) is 1. The Kier molecular flexibility index (Phi) is 8.14. The van der Waals surface area contributed by atoms with Crippen molar-refractivity contribution in [1.29, 1.82) is 0 Å². The lowest BCUT2D eigenvalue weighted by Crippen LogP contribution is -2.12. The molecule has 0 aliphatic heterocycles. The van der Waals surface area contributed by atoms with Crippen LogP contribution in [-0.4, -0.2) is 21.4 Å². The lowest BCUT2D eigenvalue weighted by atomic mass is 10.0. The molecule has 4 rings (SSSR count). The van der Waals surface area contributed by atoms with Crippen LogP contribution in [0.5, 0.6) is 11.5 Å². The molecular weight excluding hydrogens is 526 g/mol. The zero-order valence-electron chi connectivity index (χ0n) is 21.4. The summed E-state index contributed by atoms with van der Waals surface area (Å²) < 4.78 is 43.3. The van der Waals surface area contributed by atoms with Gasteiger partial charge in [0.25, 0.3) is 5.91 Å². The van der Waals surface area contributed by atoms with E-state index in [1.165, 1.54) is 49.6 Å². The zero-order chi connectivity index (χ0) is 27.4. The molecule has 1 aromatic heterocycles. The number of amides is 1. The molecule has 198 valence electrons. The van der Waals surface area contributed by atoms with E-state index in [2.05, 4.69) is 19.2 Å². The number of halogens is 1. The van der Waals surface area contributed by atoms with Crippen LogP contribution in [0.25, 0.3) is 0 Å². The lowest BCUT2D eigenvalue weighted by molar-refractivity contribution is 0.0992. The fourth-order valence-electron chi connectivity index (χ4n) is 3.83. The zero-order valence-corrected chi connectivity index (χ0v) is 23.0. The summed E-state index contributed by atoms with van der Waals surface area (Å²) in [6.45, 7) is 6.34. The van der Waals surface area contributed by atoms with Gasteiger partial charge in [0.1, 0.15) is 23.9 Å². The topological polar surface area (TPSA) is 94.8 Å². The van der Waals surface area contributed by atoms with E-state index in [1.807, 2.05) is 25.1 Å². The van der Waals surface area contributed by atoms with Crippen molar-refractivity contribution in [2.75, 3.05) is 12.4 Å². The average molecular weight is 554 g/mol. The number of rotatable bonds is 9. The number of carbonyl (C=O) groups excluding carboxylic acids is 1. The van der Waals surface area contributed by atoms with Crippen molar-refractivity contribution in [2.45, 2.75) is 43.1 Å². The number of furan rings is 1. The molecule has 0 radical (unpaired) electrons. The highest BCUT2D eigenvalue weighted by Gasteiger charge is 2.21. The third-order valence-electron chi connectivity index (χ3n) is 5.85. The van der Waals surface area contributed by atoms with E-state index >= 15 is 0 Å². The highest BCUT2D eigenvalue weighted by molar-refractivity contribution is 7.91. The Balaban J connectivity index is 1.51. The van der Waals surface area contributed by atoms with Gasteiger partial charge in [-0.25, -0.2) is 8.42 Å². The number of methoxy groups -OCH3 is 1. The summed E-state index contributed by atoms with van der Waals surface area (Å²) in [5.41, 5.74) is 2.40. The van der Waals surface area contributed by atoms with Crippen LogP contribution < -0.4 is 14.8 Å². The maximum absolute atomic E-state index is 13.2. The Morgan fingerprint density at radius 3 is 2.39 bits per heavy atom. The van der Waals surface area contributed by atoms with E-state index in [0.29, 0.717) is 16.7 Å². The van der Waals surface area contributed by atoms with E-state index < -0.39 is 15.7 Å². The second-order valence-corrected chi connectivity index (χ2v) is 11.4. The van der Waals surface area contributed by atoms with Crippen molar-refractivity contribution >= 4 is 33.0 Å². The van der Waals surface area contributed by atoms with Crippen molar-refractivity contribution in [1.82, 2.24) is 0 Å². The average Bonchev–Trinajstić information content (AvgIpc) is 3.36. The van der Waals surface area contributed by atoms with Gasteiger partial charge in [0.05, 0.1) is 16.9 Å². The summed E-state index contributed by atoms with van der Waals surface area (Å²) in [5.74, 6) is 1.32. The molecule has 0 aliphatic rings. The molecule has 0 saturated heterocycles. The van der Waals surface area contributed by atoms with Crippen LogP contribution >= 0.6 is 11.6 Å². The van der Waals surface area contributed by atoms with E-state index in [9.17, 15) is 13.2 Å². The summed E-state index contributed by atoms with van der Waals surface area (Å²) in [5, 5.41) is 3.11. The lowest BCUT2D eigenvalue weighted by Gasteiger charge is -2.14. The van der Waals surface area contributed by atoms with E-state index in [4.69, 9.17) is 25.5 Å². The van der Waals surface area contributed by atoms with E-state index in [0.717, 1.165) is 16.9 Å². The fraction of sp³-hybridized carbons (Fsp3) is 0.207. The number of aryl methyl sites for hydroxylation is 1. The van der Waals surface area contributed by atoms with Crippen molar-refractivity contribution in [3.8, 4) is 11.5 Å². The van der Waals surface area contributed by atoms with Gasteiger partial charge < -0.3 is 19.2 Å². The van der Waals surface area contributed by atoms with Gasteiger partial charge in [0.15, 0.2) is 5.76 Å². The maximum atomic E-state index is 13.2. The first-order valence-electron chi connectivity index (χ1n) is 11.9. The van der Waals surface area contributed by atoms with Crippen LogP contribution in [0.2, 0.25) is 5.02 Å². The minimum absolute atomic E-state index is 0.0397. The van der Waals surface area contributed by atoms with Crippen molar-refractivity contribution in [2.24, 2.45) is 0 Å². The monoisotopic (exact) mass is 553 g/mol. The minimum Gasteiger partial charge on any atom is -0.497 e. The molecule has 7 nitrogen and oxygen atoms in total. The van der Waals surface area contributed by atoms with Gasteiger partial charge in [-0.1, -0.05) is 37.6 Å². The van der Waals surface area contributed by atoms with Gasteiger partial charge in [-0.05, 0) is 78.6 Å². The molecule has 1 N–H and O–H groups in total. The smallest absolute Gasteiger partial charge is 0.291 e. The summed E-state index contributed by atoms with van der Waals surface area (Å²) in [6, 6.07) is 19.4. The van der Waals surface area contributed by atoms with Crippen molar-refractivity contribution in [3.05, 3.63) is 100 Å². The summed E-state index contributed by atoms with van der Waals surface area (Å²) in [4.78, 5) is 12.9. The molecule has 0 saturated carbocycles. The van der Waals surface area contributed by atoms with Crippen LogP contribution in [-0.2, 0) is 16.4 Å². The summed E-state index contributed by atoms with van der Waals surface area (Å²) in [6.07, 6.45) is 0. The molecule has 0 unspecified atom stereocenters. The van der Waals surface area contributed by atoms with Crippen LogP contribution in [0.1, 0.15) is 47.2 Å². The number of hydrogen-bond acceptors (Lipinski definition) is 6. The second-order valence-electron chi connectivity index (χ2n) is 9.06. The fourth-order valence-corrected chi connectivity index (χ4v) is 5.28. The third kappa shape index (κ3) is 6.20. The van der Waals surface area contributed by atoms with Crippen LogP contribution in [0.15, 0.2) is 87.0 Å². The first-order chi connectivity index (χ1) is 18.1. The Morgan fingerprint density at radius 1 is 0.974 bits per heavy atom. The van der Waals surface area contributed by atoms with Gasteiger partial charge in [0, 0.05) is 16.8 Å². The van der Waals surface area contributed by atoms with E-state index in [1.54, 1.807) is 12.1 Å². The minimum atomic E-state index is -3.88. The highest BCUT2D eigenvalue weighted by atomic mass is 35.5. The number of sulfone groups is 1. The largest absolute Gasteiger partial charge is 0.497 e. The van der Waals surface area contributed by atoms with Crippen LogP contribution in [0.3, 0.4) is 0 Å². The third-order valence-corrected chi connectivity index (χ3v) is 7.86. The maximum Gasteiger partial charge on any atom is 0.291 e. The molecule has 0 spiro atoms. The first-order valence-corrected chi connectivity index (χ1v) is 13.8. The molecule has 4 aromatic rings. The molecule has 1 amide bonds. The number of ether oxygens (including phenoxy) is 2. The van der Waals surface area contributed by atoms with Gasteiger partial charge >= 0.3 is 0 Å². The van der Waals surface area contributed by atoms with Gasteiger partial charge in [-0.2, -0.15) is 0 Å². The number of nitrogens with one attached hydrogen (secondary N) is 1. The van der Waals surface area contributed by atoms with Gasteiger partial charge in [-0.3, -0.25) is 4.79 Å². The second kappa shape index (κ2) is 11.3. The summed E-state index contributed by atoms with van der Waals surface area (Å²) >= 11 is 5.90. The highest BCUT2D eigenvalue weighted by Crippen LogP contribution is 2.30. The quantitative estimate of drug-likeness (QED) is 0.239. The predicted molar refractivity (Wildman–Crippen MR) is 146 cm³/mol. The molecule has 0 bridgehead atoms. The van der Waals surface area contributed by atoms with Gasteiger partial charge in [-0.15, -0.1) is 0 Å². The molecule has 38 heavy (non-hydrogen) atoms. The molecule has 1 heterocycles. The molecular formula is C29H28ClNO6S. The van der Waals surface area contributed by atoms with Crippen LogP contribution in [0.4, 0.5) is 5.69 Å². The van der Waals surface area contributed by atoms with Gasteiger partial charge in [0.2, 0.25) is 9.84 Å². The number of carbonyl (C=O) groups is 1. The Hall–Kier alpha value is -3.75. The summed E-state index contributed by atoms with van der Waals surface area (Å²) in [7, 11) is -2.47. The Morgan fingerprint density at radius 2 is 1.71 bits per heavy atom. The van der Waals surface area contributed by atoms with Crippen molar-refractivity contribution in [3.63, 3.8) is 0 Å². The Bertz CT molecular complexity index is 1560.